The van der Waals surface area contributed by atoms with E-state index in [9.17, 15) is 4.79 Å². The maximum absolute atomic E-state index is 12.0. The largest absolute Gasteiger partial charge is 0.460 e. The Kier molecular flexibility index (Phi) is 19.0. The summed E-state index contributed by atoms with van der Waals surface area (Å²) in [7, 11) is 0. The number of carbonyl (C=O) groups is 1. The second kappa shape index (κ2) is 19.4. The van der Waals surface area contributed by atoms with Gasteiger partial charge in [0.15, 0.2) is 0 Å². The maximum atomic E-state index is 12.0. The van der Waals surface area contributed by atoms with Crippen LogP contribution in [-0.2, 0) is 14.3 Å². The quantitative estimate of drug-likeness (QED) is 0.140. The Morgan fingerprint density at radius 2 is 1.14 bits per heavy atom. The van der Waals surface area contributed by atoms with E-state index in [4.69, 9.17) is 9.47 Å². The van der Waals surface area contributed by atoms with Gasteiger partial charge in [0, 0.05) is 12.8 Å². The molecule has 0 N–H and O–H groups in total. The van der Waals surface area contributed by atoms with Crippen LogP contribution in [0.3, 0.4) is 0 Å². The lowest BCUT2D eigenvalue weighted by Crippen LogP contribution is -2.30. The van der Waals surface area contributed by atoms with Crippen LogP contribution in [0.25, 0.3) is 0 Å². The van der Waals surface area contributed by atoms with Gasteiger partial charge < -0.3 is 9.47 Å². The fourth-order valence-electron chi connectivity index (χ4n) is 3.59. The normalized spacial score (nSPS) is 11.9. The maximum Gasteiger partial charge on any atom is 0.306 e. The molecule has 0 aliphatic carbocycles. The van der Waals surface area contributed by atoms with E-state index >= 15 is 0 Å². The van der Waals surface area contributed by atoms with Crippen LogP contribution >= 0.6 is 0 Å². The van der Waals surface area contributed by atoms with Gasteiger partial charge in [-0.1, -0.05) is 96.8 Å². The van der Waals surface area contributed by atoms with E-state index in [2.05, 4.69) is 6.92 Å². The third-order valence-electron chi connectivity index (χ3n) is 5.53. The zero-order valence-electron chi connectivity index (χ0n) is 20.5. The fourth-order valence-corrected chi connectivity index (χ4v) is 3.59. The Bertz CT molecular complexity index is 363. The SMILES string of the molecule is CCCCCCCCCCCCCCCCCC(=O)OC(C)(C)CCOC(C)C. The molecule has 0 saturated heterocycles. The van der Waals surface area contributed by atoms with Crippen molar-refractivity contribution in [3.8, 4) is 0 Å². The molecule has 0 unspecified atom stereocenters. The van der Waals surface area contributed by atoms with Gasteiger partial charge in [-0.15, -0.1) is 0 Å². The van der Waals surface area contributed by atoms with Crippen molar-refractivity contribution in [3.63, 3.8) is 0 Å². The van der Waals surface area contributed by atoms with Crippen molar-refractivity contribution in [3.05, 3.63) is 0 Å². The van der Waals surface area contributed by atoms with E-state index in [1.165, 1.54) is 83.5 Å². The number of carbonyl (C=O) groups excluding carboxylic acids is 1. The number of hydrogen-bond acceptors (Lipinski definition) is 3. The van der Waals surface area contributed by atoms with Gasteiger partial charge in [-0.3, -0.25) is 4.79 Å². The van der Waals surface area contributed by atoms with Gasteiger partial charge >= 0.3 is 5.97 Å². The molecule has 174 valence electrons. The van der Waals surface area contributed by atoms with Crippen molar-refractivity contribution >= 4 is 5.97 Å². The van der Waals surface area contributed by atoms with Crippen molar-refractivity contribution in [1.29, 1.82) is 0 Å². The average molecular weight is 413 g/mol. The molecule has 0 rings (SSSR count). The number of esters is 1. The number of unbranched alkanes of at least 4 members (excludes halogenated alkanes) is 14. The molecule has 0 radical (unpaired) electrons. The van der Waals surface area contributed by atoms with Gasteiger partial charge in [-0.25, -0.2) is 0 Å². The molecular weight excluding hydrogens is 360 g/mol. The molecule has 0 spiro atoms. The molecular formula is C26H52O3. The Hall–Kier alpha value is -0.570. The highest BCUT2D eigenvalue weighted by atomic mass is 16.6. The predicted molar refractivity (Wildman–Crippen MR) is 125 cm³/mol. The second-order valence-corrected chi connectivity index (χ2v) is 9.60. The van der Waals surface area contributed by atoms with Crippen molar-refractivity contribution < 1.29 is 14.3 Å². The topological polar surface area (TPSA) is 35.5 Å². The van der Waals surface area contributed by atoms with E-state index in [0.717, 1.165) is 19.3 Å². The standard InChI is InChI=1S/C26H52O3/c1-6-7-8-9-10-11-12-13-14-15-16-17-18-19-20-21-25(27)29-26(4,5)22-23-28-24(2)3/h24H,6-23H2,1-5H3. The summed E-state index contributed by atoms with van der Waals surface area (Å²) in [4.78, 5) is 12.0. The summed E-state index contributed by atoms with van der Waals surface area (Å²) in [6.07, 6.45) is 21.6. The van der Waals surface area contributed by atoms with Gasteiger partial charge in [0.25, 0.3) is 0 Å². The van der Waals surface area contributed by atoms with Crippen LogP contribution < -0.4 is 0 Å². The molecule has 0 atom stereocenters. The van der Waals surface area contributed by atoms with E-state index in [1.54, 1.807) is 0 Å². The molecule has 0 aromatic heterocycles. The van der Waals surface area contributed by atoms with E-state index in [1.807, 2.05) is 27.7 Å². The monoisotopic (exact) mass is 412 g/mol. The van der Waals surface area contributed by atoms with Gasteiger partial charge in [-0.2, -0.15) is 0 Å². The lowest BCUT2D eigenvalue weighted by atomic mass is 10.0. The molecule has 29 heavy (non-hydrogen) atoms. The third-order valence-corrected chi connectivity index (χ3v) is 5.53. The highest BCUT2D eigenvalue weighted by molar-refractivity contribution is 5.69. The van der Waals surface area contributed by atoms with Crippen LogP contribution in [0.5, 0.6) is 0 Å². The summed E-state index contributed by atoms with van der Waals surface area (Å²) in [5.41, 5.74) is -0.429. The van der Waals surface area contributed by atoms with Crippen LogP contribution in [0, 0.1) is 0 Å². The van der Waals surface area contributed by atoms with Crippen LogP contribution in [0.4, 0.5) is 0 Å². The first-order chi connectivity index (χ1) is 13.9. The minimum absolute atomic E-state index is 0.0609. The Balaban J connectivity index is 3.38. The van der Waals surface area contributed by atoms with Crippen molar-refractivity contribution in [2.24, 2.45) is 0 Å². The first kappa shape index (κ1) is 28.4. The fraction of sp³-hybridized carbons (Fsp3) is 0.962. The Morgan fingerprint density at radius 3 is 1.55 bits per heavy atom. The molecule has 0 amide bonds. The van der Waals surface area contributed by atoms with Crippen molar-refractivity contribution in [2.75, 3.05) is 6.61 Å². The Labute approximate surface area is 182 Å². The second-order valence-electron chi connectivity index (χ2n) is 9.60. The molecule has 0 aromatic rings. The van der Waals surface area contributed by atoms with Crippen LogP contribution in [0.15, 0.2) is 0 Å². The summed E-state index contributed by atoms with van der Waals surface area (Å²) in [6.45, 7) is 10.9. The van der Waals surface area contributed by atoms with Gasteiger partial charge in [0.2, 0.25) is 0 Å². The first-order valence-electron chi connectivity index (χ1n) is 12.7. The highest BCUT2D eigenvalue weighted by Crippen LogP contribution is 2.18. The smallest absolute Gasteiger partial charge is 0.306 e. The minimum Gasteiger partial charge on any atom is -0.460 e. The first-order valence-corrected chi connectivity index (χ1v) is 12.7. The molecule has 0 aromatic carbocycles. The summed E-state index contributed by atoms with van der Waals surface area (Å²) in [5, 5.41) is 0. The molecule has 0 bridgehead atoms. The zero-order valence-corrected chi connectivity index (χ0v) is 20.5. The Morgan fingerprint density at radius 1 is 0.724 bits per heavy atom. The van der Waals surface area contributed by atoms with Gasteiger partial charge in [-0.05, 0) is 34.1 Å². The summed E-state index contributed by atoms with van der Waals surface area (Å²) in [5.74, 6) is -0.0609. The molecule has 3 heteroatoms. The third kappa shape index (κ3) is 21.9. The molecule has 0 heterocycles. The molecule has 0 aliphatic rings. The zero-order chi connectivity index (χ0) is 21.8. The van der Waals surface area contributed by atoms with Gasteiger partial charge in [0.1, 0.15) is 5.60 Å². The van der Waals surface area contributed by atoms with Crippen LogP contribution in [-0.4, -0.2) is 24.3 Å². The van der Waals surface area contributed by atoms with E-state index in [0.29, 0.717) is 13.0 Å². The lowest BCUT2D eigenvalue weighted by molar-refractivity contribution is -0.158. The van der Waals surface area contributed by atoms with Crippen molar-refractivity contribution in [1.82, 2.24) is 0 Å². The van der Waals surface area contributed by atoms with E-state index in [-0.39, 0.29) is 12.1 Å². The van der Waals surface area contributed by atoms with E-state index < -0.39 is 5.60 Å². The number of ether oxygens (including phenoxy) is 2. The number of hydrogen-bond donors (Lipinski definition) is 0. The van der Waals surface area contributed by atoms with Gasteiger partial charge in [0.05, 0.1) is 12.7 Å². The molecule has 0 fully saturated rings. The summed E-state index contributed by atoms with van der Waals surface area (Å²) in [6, 6.07) is 0. The minimum atomic E-state index is -0.429. The van der Waals surface area contributed by atoms with Crippen LogP contribution in [0.2, 0.25) is 0 Å². The predicted octanol–water partition coefficient (Wildman–Crippen LogP) is 8.38. The average Bonchev–Trinajstić information content (AvgIpc) is 2.64. The molecule has 0 saturated carbocycles. The molecule has 3 nitrogen and oxygen atoms in total. The summed E-state index contributed by atoms with van der Waals surface area (Å²) >= 11 is 0. The lowest BCUT2D eigenvalue weighted by Gasteiger charge is -2.25. The molecule has 0 aliphatic heterocycles. The van der Waals surface area contributed by atoms with Crippen molar-refractivity contribution in [2.45, 2.75) is 155 Å². The van der Waals surface area contributed by atoms with Crippen LogP contribution in [0.1, 0.15) is 144 Å². The summed E-state index contributed by atoms with van der Waals surface area (Å²) < 4.78 is 11.2. The number of rotatable bonds is 21. The highest BCUT2D eigenvalue weighted by Gasteiger charge is 2.22.